The molecule has 0 radical (unpaired) electrons. The summed E-state index contributed by atoms with van der Waals surface area (Å²) in [6.45, 7) is 2.31. The Morgan fingerprint density at radius 3 is 2.12 bits per heavy atom. The van der Waals surface area contributed by atoms with Crippen molar-refractivity contribution in [2.24, 2.45) is 17.8 Å². The largest absolute Gasteiger partial charge is 0.393 e. The Hall–Kier alpha value is -0.0400. The van der Waals surface area contributed by atoms with Gasteiger partial charge in [-0.1, -0.05) is 51.9 Å². The lowest BCUT2D eigenvalue weighted by atomic mass is 9.76. The molecule has 0 heterocycles. The fourth-order valence-electron chi connectivity index (χ4n) is 3.76. The van der Waals surface area contributed by atoms with Crippen molar-refractivity contribution in [2.75, 3.05) is 0 Å². The third kappa shape index (κ3) is 3.23. The van der Waals surface area contributed by atoms with Crippen LogP contribution in [0.2, 0.25) is 0 Å². The van der Waals surface area contributed by atoms with Gasteiger partial charge in [-0.2, -0.15) is 0 Å². The van der Waals surface area contributed by atoms with Crippen LogP contribution < -0.4 is 0 Å². The molecule has 0 aromatic carbocycles. The molecule has 1 nitrogen and oxygen atoms in total. The molecule has 2 saturated carbocycles. The highest BCUT2D eigenvalue weighted by atomic mass is 16.3. The van der Waals surface area contributed by atoms with Gasteiger partial charge in [-0.25, -0.2) is 0 Å². The molecular weight excluding hydrogens is 196 g/mol. The summed E-state index contributed by atoms with van der Waals surface area (Å²) in [6.07, 6.45) is 13.3. The Morgan fingerprint density at radius 2 is 1.56 bits per heavy atom. The molecule has 1 atom stereocenters. The maximum Gasteiger partial charge on any atom is 0.0571 e. The van der Waals surface area contributed by atoms with Crippen LogP contribution in [-0.2, 0) is 0 Å². The summed E-state index contributed by atoms with van der Waals surface area (Å²) < 4.78 is 0. The van der Waals surface area contributed by atoms with Crippen molar-refractivity contribution in [3.63, 3.8) is 0 Å². The summed E-state index contributed by atoms with van der Waals surface area (Å²) in [7, 11) is 0. The van der Waals surface area contributed by atoms with Crippen molar-refractivity contribution in [2.45, 2.75) is 77.2 Å². The van der Waals surface area contributed by atoms with E-state index in [0.29, 0.717) is 5.92 Å². The molecule has 0 spiro atoms. The second-order valence-electron chi connectivity index (χ2n) is 6.14. The van der Waals surface area contributed by atoms with Gasteiger partial charge in [0.25, 0.3) is 0 Å². The normalized spacial score (nSPS) is 34.1. The zero-order valence-electron chi connectivity index (χ0n) is 10.8. The van der Waals surface area contributed by atoms with Crippen LogP contribution in [0.25, 0.3) is 0 Å². The van der Waals surface area contributed by atoms with Gasteiger partial charge in [0.1, 0.15) is 0 Å². The molecule has 0 aliphatic heterocycles. The second kappa shape index (κ2) is 6.05. The number of aliphatic hydroxyl groups excluding tert-OH is 1. The van der Waals surface area contributed by atoms with E-state index in [1.807, 2.05) is 0 Å². The summed E-state index contributed by atoms with van der Waals surface area (Å²) in [6, 6.07) is 0. The van der Waals surface area contributed by atoms with Crippen LogP contribution in [0.5, 0.6) is 0 Å². The lowest BCUT2D eigenvalue weighted by molar-refractivity contribution is 0.0534. The van der Waals surface area contributed by atoms with Crippen molar-refractivity contribution in [1.29, 1.82) is 0 Å². The van der Waals surface area contributed by atoms with E-state index >= 15 is 0 Å². The van der Waals surface area contributed by atoms with Crippen LogP contribution in [0, 0.1) is 17.8 Å². The maximum absolute atomic E-state index is 10.3. The molecule has 0 aromatic heterocycles. The highest BCUT2D eigenvalue weighted by molar-refractivity contribution is 4.80. The lowest BCUT2D eigenvalue weighted by Gasteiger charge is -2.32. The van der Waals surface area contributed by atoms with E-state index in [9.17, 15) is 5.11 Å². The van der Waals surface area contributed by atoms with E-state index in [2.05, 4.69) is 6.92 Å². The van der Waals surface area contributed by atoms with Gasteiger partial charge in [0, 0.05) is 0 Å². The Bertz CT molecular complexity index is 188. The Balaban J connectivity index is 1.70. The van der Waals surface area contributed by atoms with Crippen molar-refractivity contribution in [3.8, 4) is 0 Å². The fraction of sp³-hybridized carbons (Fsp3) is 1.00. The van der Waals surface area contributed by atoms with Crippen LogP contribution >= 0.6 is 0 Å². The smallest absolute Gasteiger partial charge is 0.0571 e. The zero-order chi connectivity index (χ0) is 11.4. The van der Waals surface area contributed by atoms with E-state index in [1.54, 1.807) is 0 Å². The van der Waals surface area contributed by atoms with Gasteiger partial charge in [0.05, 0.1) is 6.10 Å². The molecule has 1 unspecified atom stereocenters. The minimum Gasteiger partial charge on any atom is -0.393 e. The molecular formula is C15H28O. The maximum atomic E-state index is 10.3. The number of rotatable bonds is 4. The summed E-state index contributed by atoms with van der Waals surface area (Å²) >= 11 is 0. The second-order valence-corrected chi connectivity index (χ2v) is 6.14. The number of aliphatic hydroxyl groups is 1. The van der Waals surface area contributed by atoms with Crippen molar-refractivity contribution >= 4 is 0 Å². The van der Waals surface area contributed by atoms with E-state index in [4.69, 9.17) is 0 Å². The molecule has 16 heavy (non-hydrogen) atoms. The highest BCUT2D eigenvalue weighted by Crippen LogP contribution is 2.36. The summed E-state index contributed by atoms with van der Waals surface area (Å²) in [5.74, 6) is 2.43. The topological polar surface area (TPSA) is 20.2 Å². The van der Waals surface area contributed by atoms with E-state index in [1.165, 1.54) is 57.8 Å². The summed E-state index contributed by atoms with van der Waals surface area (Å²) in [5.41, 5.74) is 0. The van der Waals surface area contributed by atoms with Crippen molar-refractivity contribution in [3.05, 3.63) is 0 Å². The molecule has 94 valence electrons. The van der Waals surface area contributed by atoms with Crippen molar-refractivity contribution < 1.29 is 5.11 Å². The monoisotopic (exact) mass is 224 g/mol. The molecule has 0 aromatic rings. The predicted octanol–water partition coefficient (Wildman–Crippen LogP) is 4.14. The van der Waals surface area contributed by atoms with E-state index in [-0.39, 0.29) is 6.10 Å². The zero-order valence-corrected chi connectivity index (χ0v) is 10.8. The standard InChI is InChI=1S/C15H28O/c1-2-12-7-9-14(10-8-12)15(16)11-13-5-3-4-6-13/h12-16H,2-11H2,1H3. The lowest BCUT2D eigenvalue weighted by Crippen LogP contribution is -2.27. The fourth-order valence-corrected chi connectivity index (χ4v) is 3.76. The average Bonchev–Trinajstić information content (AvgIpc) is 2.82. The first-order valence-corrected chi connectivity index (χ1v) is 7.47. The molecule has 2 rings (SSSR count). The summed E-state index contributed by atoms with van der Waals surface area (Å²) in [4.78, 5) is 0. The predicted molar refractivity (Wildman–Crippen MR) is 68.3 cm³/mol. The molecule has 2 aliphatic rings. The van der Waals surface area contributed by atoms with Crippen LogP contribution in [0.4, 0.5) is 0 Å². The molecule has 2 fully saturated rings. The SMILES string of the molecule is CCC1CCC(C(O)CC2CCCC2)CC1. The Labute approximate surface area is 101 Å². The highest BCUT2D eigenvalue weighted by Gasteiger charge is 2.28. The minimum atomic E-state index is 0.0147. The number of hydrogen-bond donors (Lipinski definition) is 1. The van der Waals surface area contributed by atoms with Gasteiger partial charge in [-0.3, -0.25) is 0 Å². The van der Waals surface area contributed by atoms with Crippen LogP contribution in [0.1, 0.15) is 71.1 Å². The number of hydrogen-bond acceptors (Lipinski definition) is 1. The minimum absolute atomic E-state index is 0.0147. The first kappa shape index (κ1) is 12.4. The summed E-state index contributed by atoms with van der Waals surface area (Å²) in [5, 5.41) is 10.3. The van der Waals surface area contributed by atoms with Gasteiger partial charge in [0.15, 0.2) is 0 Å². The third-order valence-corrected chi connectivity index (χ3v) is 5.06. The van der Waals surface area contributed by atoms with Crippen LogP contribution in [0.3, 0.4) is 0 Å². The molecule has 0 amide bonds. The molecule has 1 N–H and O–H groups in total. The van der Waals surface area contributed by atoms with E-state index < -0.39 is 0 Å². The van der Waals surface area contributed by atoms with Gasteiger partial charge in [-0.05, 0) is 37.0 Å². The molecule has 1 heteroatoms. The van der Waals surface area contributed by atoms with Crippen LogP contribution in [0.15, 0.2) is 0 Å². The van der Waals surface area contributed by atoms with E-state index in [0.717, 1.165) is 18.3 Å². The molecule has 0 bridgehead atoms. The quantitative estimate of drug-likeness (QED) is 0.760. The van der Waals surface area contributed by atoms with Crippen LogP contribution in [-0.4, -0.2) is 11.2 Å². The van der Waals surface area contributed by atoms with Gasteiger partial charge >= 0.3 is 0 Å². The van der Waals surface area contributed by atoms with Gasteiger partial charge < -0.3 is 5.11 Å². The van der Waals surface area contributed by atoms with Crippen molar-refractivity contribution in [1.82, 2.24) is 0 Å². The van der Waals surface area contributed by atoms with Gasteiger partial charge in [0.2, 0.25) is 0 Å². The first-order chi connectivity index (χ1) is 7.79. The first-order valence-electron chi connectivity index (χ1n) is 7.47. The molecule has 2 aliphatic carbocycles. The molecule has 0 saturated heterocycles. The average molecular weight is 224 g/mol. The third-order valence-electron chi connectivity index (χ3n) is 5.06. The van der Waals surface area contributed by atoms with Gasteiger partial charge in [-0.15, -0.1) is 0 Å². The Morgan fingerprint density at radius 1 is 0.938 bits per heavy atom. The Kier molecular flexibility index (Phi) is 4.69.